The van der Waals surface area contributed by atoms with E-state index in [0.717, 1.165) is 12.5 Å². The topological polar surface area (TPSA) is 0 Å². The highest BCUT2D eigenvalue weighted by atomic mass is 35.8. The number of fused-ring (bicyclic) bond motifs is 5. The van der Waals surface area contributed by atoms with Crippen LogP contribution in [-0.4, -0.2) is 6.00 Å². The average molecular weight is 506 g/mol. The van der Waals surface area contributed by atoms with Crippen molar-refractivity contribution >= 4 is 66.9 Å². The number of hydrogen-bond donors (Lipinski definition) is 0. The Morgan fingerprint density at radius 1 is 0.719 bits per heavy atom. The zero-order valence-corrected chi connectivity index (χ0v) is 22.5. The minimum Gasteiger partial charge on any atom is -0.126 e. The Morgan fingerprint density at radius 2 is 1.41 bits per heavy atom. The molecule has 0 N–H and O–H groups in total. The lowest BCUT2D eigenvalue weighted by Crippen LogP contribution is -2.07. The van der Waals surface area contributed by atoms with Crippen LogP contribution in [0.15, 0.2) is 54.6 Å². The molecule has 0 saturated heterocycles. The second kappa shape index (κ2) is 13.0. The van der Waals surface area contributed by atoms with Gasteiger partial charge in [-0.1, -0.05) is 119 Å². The second-order valence-corrected chi connectivity index (χ2v) is 18.1. The number of rotatable bonds is 9. The van der Waals surface area contributed by atoms with Gasteiger partial charge in [-0.25, -0.2) is 0 Å². The highest BCUT2D eigenvalue weighted by molar-refractivity contribution is 7.64. The SMILES string of the molecule is C1=Cc2c(ccc3c2ccc2ccccc23)CC1.CCCCCCCCCC[Si](Cl)(Cl)Cl. The standard InChI is InChI=1S/C18H14.C10H21Cl3Si/c1-3-7-15-13(5-1)9-11-18-16-8-4-2-6-14(16)10-12-17(15)18;1-2-3-4-5-6-7-8-9-10-14(11,12)13/h1,3-5,7-12H,2,6H2;2-10H2,1H3. The number of hydrogen-bond acceptors (Lipinski definition) is 0. The Labute approximate surface area is 209 Å². The molecule has 32 heavy (non-hydrogen) atoms. The van der Waals surface area contributed by atoms with Crippen molar-refractivity contribution < 1.29 is 0 Å². The fourth-order valence-electron chi connectivity index (χ4n) is 4.47. The maximum absolute atomic E-state index is 5.78. The smallest absolute Gasteiger partial charge is 0.126 e. The van der Waals surface area contributed by atoms with Gasteiger partial charge in [0.1, 0.15) is 0 Å². The van der Waals surface area contributed by atoms with Crippen LogP contribution in [0.4, 0.5) is 0 Å². The molecule has 1 aliphatic rings. The Kier molecular flexibility index (Phi) is 10.4. The van der Waals surface area contributed by atoms with Crippen molar-refractivity contribution in [2.24, 2.45) is 0 Å². The molecule has 0 fully saturated rings. The van der Waals surface area contributed by atoms with E-state index in [0.29, 0.717) is 0 Å². The molecule has 0 saturated carbocycles. The van der Waals surface area contributed by atoms with Crippen molar-refractivity contribution in [2.75, 3.05) is 0 Å². The first-order chi connectivity index (χ1) is 15.5. The van der Waals surface area contributed by atoms with Crippen molar-refractivity contribution in [2.45, 2.75) is 77.2 Å². The molecule has 3 aromatic carbocycles. The lowest BCUT2D eigenvalue weighted by molar-refractivity contribution is 0.585. The molecule has 0 aliphatic heterocycles. The van der Waals surface area contributed by atoms with Gasteiger partial charge in [0.05, 0.1) is 0 Å². The number of unbranched alkanes of at least 4 members (excludes halogenated alkanes) is 7. The largest absolute Gasteiger partial charge is 0.341 e. The van der Waals surface area contributed by atoms with E-state index in [9.17, 15) is 0 Å². The van der Waals surface area contributed by atoms with Crippen LogP contribution in [0.2, 0.25) is 6.04 Å². The molecule has 0 spiro atoms. The predicted molar refractivity (Wildman–Crippen MR) is 150 cm³/mol. The molecule has 4 rings (SSSR count). The van der Waals surface area contributed by atoms with Gasteiger partial charge in [0.15, 0.2) is 0 Å². The summed E-state index contributed by atoms with van der Waals surface area (Å²) in [6.45, 7) is 2.24. The Hall–Kier alpha value is -0.993. The van der Waals surface area contributed by atoms with Crippen LogP contribution in [0.3, 0.4) is 0 Å². The van der Waals surface area contributed by atoms with E-state index in [1.165, 1.54) is 90.5 Å². The fourth-order valence-corrected chi connectivity index (χ4v) is 6.32. The third kappa shape index (κ3) is 7.80. The van der Waals surface area contributed by atoms with Gasteiger partial charge in [0.25, 0.3) is 0 Å². The lowest BCUT2D eigenvalue weighted by atomic mass is 9.90. The molecule has 4 heteroatoms. The van der Waals surface area contributed by atoms with Gasteiger partial charge in [0.2, 0.25) is 0 Å². The normalized spacial score (nSPS) is 13.1. The summed E-state index contributed by atoms with van der Waals surface area (Å²) in [5, 5.41) is 5.45. The van der Waals surface area contributed by atoms with Gasteiger partial charge < -0.3 is 0 Å². The molecule has 3 aromatic rings. The van der Waals surface area contributed by atoms with E-state index < -0.39 is 6.00 Å². The van der Waals surface area contributed by atoms with E-state index in [1.807, 2.05) is 0 Å². The maximum Gasteiger partial charge on any atom is 0.341 e. The van der Waals surface area contributed by atoms with Crippen molar-refractivity contribution in [1.29, 1.82) is 0 Å². The van der Waals surface area contributed by atoms with E-state index >= 15 is 0 Å². The van der Waals surface area contributed by atoms with Gasteiger partial charge in [-0.3, -0.25) is 0 Å². The molecule has 0 amide bonds. The Bertz CT molecular complexity index is 1020. The zero-order chi connectivity index (χ0) is 22.8. The quantitative estimate of drug-likeness (QED) is 0.117. The van der Waals surface area contributed by atoms with Gasteiger partial charge >= 0.3 is 6.00 Å². The van der Waals surface area contributed by atoms with Gasteiger partial charge in [0, 0.05) is 0 Å². The van der Waals surface area contributed by atoms with E-state index in [4.69, 9.17) is 33.2 Å². The number of halogens is 3. The first kappa shape index (κ1) is 25.6. The van der Waals surface area contributed by atoms with Crippen LogP contribution in [-0.2, 0) is 6.42 Å². The fraction of sp³-hybridized carbons (Fsp3) is 0.429. The van der Waals surface area contributed by atoms with E-state index in [-0.39, 0.29) is 0 Å². The monoisotopic (exact) mass is 504 g/mol. The highest BCUT2D eigenvalue weighted by Gasteiger charge is 2.23. The van der Waals surface area contributed by atoms with Crippen molar-refractivity contribution in [1.82, 2.24) is 0 Å². The minimum absolute atomic E-state index is 0.826. The summed E-state index contributed by atoms with van der Waals surface area (Å²) in [4.78, 5) is 0. The molecule has 0 atom stereocenters. The lowest BCUT2D eigenvalue weighted by Gasteiger charge is -2.14. The van der Waals surface area contributed by atoms with Crippen molar-refractivity contribution in [3.63, 3.8) is 0 Å². The van der Waals surface area contributed by atoms with Crippen LogP contribution in [0.25, 0.3) is 27.6 Å². The predicted octanol–water partition coefficient (Wildman–Crippen LogP) is 10.7. The van der Waals surface area contributed by atoms with Crippen molar-refractivity contribution in [3.05, 3.63) is 65.7 Å². The van der Waals surface area contributed by atoms with Crippen LogP contribution < -0.4 is 0 Å². The molecule has 0 heterocycles. The molecule has 0 bridgehead atoms. The number of aryl methyl sites for hydroxylation is 1. The summed E-state index contributed by atoms with van der Waals surface area (Å²) in [5.41, 5.74) is 2.91. The van der Waals surface area contributed by atoms with Gasteiger partial charge in [-0.05, 0) is 51.6 Å². The van der Waals surface area contributed by atoms with Gasteiger partial charge in [-0.15, -0.1) is 33.2 Å². The number of allylic oxidation sites excluding steroid dienone is 1. The zero-order valence-electron chi connectivity index (χ0n) is 19.2. The minimum atomic E-state index is -2.32. The first-order valence-electron chi connectivity index (χ1n) is 12.2. The third-order valence-corrected chi connectivity index (χ3v) is 8.86. The number of benzene rings is 3. The Balaban J connectivity index is 0.000000189. The molecule has 0 nitrogen and oxygen atoms in total. The second-order valence-electron chi connectivity index (χ2n) is 8.80. The molecule has 0 unspecified atom stereocenters. The van der Waals surface area contributed by atoms with Crippen molar-refractivity contribution in [3.8, 4) is 0 Å². The van der Waals surface area contributed by atoms with E-state index in [2.05, 4.69) is 67.6 Å². The first-order valence-corrected chi connectivity index (χ1v) is 17.4. The maximum atomic E-state index is 5.78. The molecule has 0 aromatic heterocycles. The summed E-state index contributed by atoms with van der Waals surface area (Å²) >= 11 is 17.4. The summed E-state index contributed by atoms with van der Waals surface area (Å²) in [6, 6.07) is 16.2. The third-order valence-electron chi connectivity index (χ3n) is 6.24. The summed E-state index contributed by atoms with van der Waals surface area (Å²) in [6.07, 6.45) is 17.4. The van der Waals surface area contributed by atoms with Crippen LogP contribution in [0.5, 0.6) is 0 Å². The molecule has 0 radical (unpaired) electrons. The average Bonchev–Trinajstić information content (AvgIpc) is 2.80. The van der Waals surface area contributed by atoms with E-state index in [1.54, 1.807) is 0 Å². The summed E-state index contributed by atoms with van der Waals surface area (Å²) in [5.74, 6) is 0. The molecule has 1 aliphatic carbocycles. The molecular formula is C28H35Cl3Si. The molecular weight excluding hydrogens is 471 g/mol. The Morgan fingerprint density at radius 3 is 2.16 bits per heavy atom. The van der Waals surface area contributed by atoms with Crippen LogP contribution in [0.1, 0.15) is 75.8 Å². The summed E-state index contributed by atoms with van der Waals surface area (Å²) < 4.78 is 0. The van der Waals surface area contributed by atoms with Gasteiger partial charge in [-0.2, -0.15) is 0 Å². The summed E-state index contributed by atoms with van der Waals surface area (Å²) in [7, 11) is 0. The van der Waals surface area contributed by atoms with Crippen LogP contribution in [0, 0.1) is 0 Å². The van der Waals surface area contributed by atoms with Crippen LogP contribution >= 0.6 is 33.2 Å². The highest BCUT2D eigenvalue weighted by Crippen LogP contribution is 2.32. The molecule has 172 valence electrons.